The molecule has 88 valence electrons. The van der Waals surface area contributed by atoms with E-state index in [0.29, 0.717) is 0 Å². The summed E-state index contributed by atoms with van der Waals surface area (Å²) in [5, 5.41) is 11.9. The zero-order valence-corrected chi connectivity index (χ0v) is 10.00. The van der Waals surface area contributed by atoms with Gasteiger partial charge in [-0.05, 0) is 43.7 Å². The Balaban J connectivity index is 3.25. The van der Waals surface area contributed by atoms with Gasteiger partial charge in [-0.25, -0.2) is 0 Å². The number of likely N-dealkylation sites (N-methyl/N-ethyl adjacent to an activating group) is 1. The molecule has 0 aliphatic carbocycles. The molecule has 0 amide bonds. The van der Waals surface area contributed by atoms with Crippen LogP contribution in [-0.2, 0) is 4.79 Å². The Morgan fingerprint density at radius 2 is 2.00 bits per heavy atom. The molecule has 1 aromatic carbocycles. The Labute approximate surface area is 95.2 Å². The maximum atomic E-state index is 11.1. The van der Waals surface area contributed by atoms with Gasteiger partial charge in [0.2, 0.25) is 0 Å². The lowest BCUT2D eigenvalue weighted by Gasteiger charge is -2.17. The summed E-state index contributed by atoms with van der Waals surface area (Å²) in [7, 11) is 3.24. The van der Waals surface area contributed by atoms with Gasteiger partial charge in [0.1, 0.15) is 11.8 Å². The molecule has 0 heterocycles. The molecule has 4 nitrogen and oxygen atoms in total. The summed E-state index contributed by atoms with van der Waals surface area (Å²) in [5.41, 5.74) is 2.69. The molecule has 1 atom stereocenters. The molecule has 0 saturated carbocycles. The predicted octanol–water partition coefficient (Wildman–Crippen LogP) is 1.66. The second kappa shape index (κ2) is 4.99. The Hall–Kier alpha value is -1.55. The maximum absolute atomic E-state index is 11.1. The van der Waals surface area contributed by atoms with Crippen molar-refractivity contribution in [1.82, 2.24) is 5.32 Å². The third-order valence-corrected chi connectivity index (χ3v) is 2.85. The van der Waals surface area contributed by atoms with Crippen molar-refractivity contribution in [3.8, 4) is 5.75 Å². The largest absolute Gasteiger partial charge is 0.496 e. The second-order valence-corrected chi connectivity index (χ2v) is 3.67. The van der Waals surface area contributed by atoms with Crippen LogP contribution < -0.4 is 10.1 Å². The van der Waals surface area contributed by atoms with E-state index in [2.05, 4.69) is 5.32 Å². The van der Waals surface area contributed by atoms with Crippen molar-refractivity contribution in [3.63, 3.8) is 0 Å². The first kappa shape index (κ1) is 12.5. The van der Waals surface area contributed by atoms with Crippen molar-refractivity contribution in [3.05, 3.63) is 28.8 Å². The van der Waals surface area contributed by atoms with E-state index in [1.807, 2.05) is 13.8 Å². The number of carboxylic acid groups (broad SMARTS) is 1. The Bertz CT molecular complexity index is 401. The molecule has 0 bridgehead atoms. The molecular weight excluding hydrogens is 206 g/mol. The fraction of sp³-hybridized carbons (Fsp3) is 0.417. The smallest absolute Gasteiger partial charge is 0.325 e. The summed E-state index contributed by atoms with van der Waals surface area (Å²) < 4.78 is 5.19. The van der Waals surface area contributed by atoms with E-state index in [4.69, 9.17) is 9.84 Å². The SMILES string of the molecule is CNC(C(=O)O)c1ccc(OC)c(C)c1C. The lowest BCUT2D eigenvalue weighted by molar-refractivity contribution is -0.139. The maximum Gasteiger partial charge on any atom is 0.325 e. The van der Waals surface area contributed by atoms with Gasteiger partial charge in [-0.3, -0.25) is 4.79 Å². The van der Waals surface area contributed by atoms with Crippen molar-refractivity contribution in [1.29, 1.82) is 0 Å². The minimum Gasteiger partial charge on any atom is -0.496 e. The van der Waals surface area contributed by atoms with Crippen LogP contribution in [0.4, 0.5) is 0 Å². The molecule has 1 aromatic rings. The number of aliphatic carboxylic acids is 1. The quantitative estimate of drug-likeness (QED) is 0.815. The Kier molecular flexibility index (Phi) is 3.90. The summed E-state index contributed by atoms with van der Waals surface area (Å²) in [5.74, 6) is -0.100. The average Bonchev–Trinajstić information content (AvgIpc) is 2.25. The molecule has 0 radical (unpaired) electrons. The lowest BCUT2D eigenvalue weighted by Crippen LogP contribution is -2.26. The number of carboxylic acids is 1. The summed E-state index contributed by atoms with van der Waals surface area (Å²) in [6.45, 7) is 3.83. The van der Waals surface area contributed by atoms with E-state index in [-0.39, 0.29) is 0 Å². The molecule has 1 unspecified atom stereocenters. The first-order chi connectivity index (χ1) is 7.52. The second-order valence-electron chi connectivity index (χ2n) is 3.67. The highest BCUT2D eigenvalue weighted by atomic mass is 16.5. The van der Waals surface area contributed by atoms with Crippen LogP contribution >= 0.6 is 0 Å². The summed E-state index contributed by atoms with van der Waals surface area (Å²) in [6, 6.07) is 2.91. The molecular formula is C12H17NO3. The van der Waals surface area contributed by atoms with E-state index in [9.17, 15) is 4.79 Å². The third-order valence-electron chi connectivity index (χ3n) is 2.85. The summed E-state index contributed by atoms with van der Waals surface area (Å²) in [6.07, 6.45) is 0. The normalized spacial score (nSPS) is 12.2. The van der Waals surface area contributed by atoms with Gasteiger partial charge in [0.05, 0.1) is 7.11 Å². The van der Waals surface area contributed by atoms with Crippen molar-refractivity contribution < 1.29 is 14.6 Å². The lowest BCUT2D eigenvalue weighted by atomic mass is 9.97. The predicted molar refractivity (Wildman–Crippen MR) is 61.9 cm³/mol. The van der Waals surface area contributed by atoms with E-state index in [1.165, 1.54) is 0 Å². The van der Waals surface area contributed by atoms with Gasteiger partial charge in [-0.1, -0.05) is 6.07 Å². The standard InChI is InChI=1S/C12H17NO3/c1-7-8(2)10(16-4)6-5-9(7)11(13-3)12(14)15/h5-6,11,13H,1-4H3,(H,14,15). The van der Waals surface area contributed by atoms with Crippen LogP contribution in [0.5, 0.6) is 5.75 Å². The Morgan fingerprint density at radius 1 is 1.38 bits per heavy atom. The monoisotopic (exact) mass is 223 g/mol. The van der Waals surface area contributed by atoms with Crippen LogP contribution in [0.3, 0.4) is 0 Å². The number of rotatable bonds is 4. The minimum absolute atomic E-state index is 0.676. The van der Waals surface area contributed by atoms with Crippen molar-refractivity contribution in [2.45, 2.75) is 19.9 Å². The number of hydrogen-bond donors (Lipinski definition) is 2. The van der Waals surface area contributed by atoms with Crippen LogP contribution in [0.1, 0.15) is 22.7 Å². The zero-order valence-electron chi connectivity index (χ0n) is 10.00. The molecule has 0 fully saturated rings. The highest BCUT2D eigenvalue weighted by molar-refractivity contribution is 5.76. The molecule has 0 spiro atoms. The molecule has 16 heavy (non-hydrogen) atoms. The fourth-order valence-electron chi connectivity index (χ4n) is 1.76. The van der Waals surface area contributed by atoms with E-state index < -0.39 is 12.0 Å². The molecule has 0 aliphatic rings. The van der Waals surface area contributed by atoms with Crippen molar-refractivity contribution >= 4 is 5.97 Å². The van der Waals surface area contributed by atoms with E-state index >= 15 is 0 Å². The van der Waals surface area contributed by atoms with Gasteiger partial charge < -0.3 is 15.2 Å². The highest BCUT2D eigenvalue weighted by Crippen LogP contribution is 2.27. The van der Waals surface area contributed by atoms with Crippen LogP contribution in [0, 0.1) is 13.8 Å². The van der Waals surface area contributed by atoms with Crippen molar-refractivity contribution in [2.24, 2.45) is 0 Å². The molecule has 2 N–H and O–H groups in total. The highest BCUT2D eigenvalue weighted by Gasteiger charge is 2.20. The van der Waals surface area contributed by atoms with Gasteiger partial charge in [-0.2, -0.15) is 0 Å². The minimum atomic E-state index is -0.879. The third kappa shape index (κ3) is 2.17. The van der Waals surface area contributed by atoms with E-state index in [0.717, 1.165) is 22.4 Å². The number of carbonyl (C=O) groups is 1. The van der Waals surface area contributed by atoms with Crippen LogP contribution in [0.2, 0.25) is 0 Å². The van der Waals surface area contributed by atoms with Crippen LogP contribution in [0.25, 0.3) is 0 Å². The number of methoxy groups -OCH3 is 1. The zero-order chi connectivity index (χ0) is 12.3. The van der Waals surface area contributed by atoms with Gasteiger partial charge in [-0.15, -0.1) is 0 Å². The topological polar surface area (TPSA) is 58.6 Å². The summed E-state index contributed by atoms with van der Waals surface area (Å²) >= 11 is 0. The fourth-order valence-corrected chi connectivity index (χ4v) is 1.76. The summed E-state index contributed by atoms with van der Waals surface area (Å²) in [4.78, 5) is 11.1. The van der Waals surface area contributed by atoms with Crippen molar-refractivity contribution in [2.75, 3.05) is 14.2 Å². The molecule has 0 aromatic heterocycles. The van der Waals surface area contributed by atoms with Crippen LogP contribution in [-0.4, -0.2) is 25.2 Å². The van der Waals surface area contributed by atoms with Crippen LogP contribution in [0.15, 0.2) is 12.1 Å². The van der Waals surface area contributed by atoms with E-state index in [1.54, 1.807) is 26.3 Å². The molecule has 0 saturated heterocycles. The van der Waals surface area contributed by atoms with Gasteiger partial charge in [0.25, 0.3) is 0 Å². The van der Waals surface area contributed by atoms with Gasteiger partial charge >= 0.3 is 5.97 Å². The van der Waals surface area contributed by atoms with Gasteiger partial charge in [0.15, 0.2) is 0 Å². The number of ether oxygens (including phenoxy) is 1. The first-order valence-electron chi connectivity index (χ1n) is 5.07. The molecule has 0 aliphatic heterocycles. The first-order valence-corrected chi connectivity index (χ1v) is 5.07. The molecule has 4 heteroatoms. The molecule has 1 rings (SSSR count). The van der Waals surface area contributed by atoms with Gasteiger partial charge in [0, 0.05) is 0 Å². The number of nitrogens with one attached hydrogen (secondary N) is 1. The average molecular weight is 223 g/mol. The number of hydrogen-bond acceptors (Lipinski definition) is 3. The number of benzene rings is 1. The Morgan fingerprint density at radius 3 is 2.44 bits per heavy atom.